The monoisotopic (exact) mass is 500 g/mol. The minimum atomic E-state index is -1.06. The number of fused-ring (bicyclic) bond motifs is 5. The first-order valence-corrected chi connectivity index (χ1v) is 12.3. The summed E-state index contributed by atoms with van der Waals surface area (Å²) in [6.45, 7) is 1.74. The molecule has 0 bridgehead atoms. The SMILES string of the molecule is O=C(O)N1CCC(CN2C(=O)C3(COc4cc5c(cc43)OCO5)c3c(-c4cncnc4)cccc32)CC1. The second-order valence-electron chi connectivity index (χ2n) is 9.85. The number of piperidine rings is 1. The first-order valence-electron chi connectivity index (χ1n) is 12.3. The lowest BCUT2D eigenvalue weighted by Crippen LogP contribution is -2.46. The van der Waals surface area contributed by atoms with Crippen LogP contribution in [0.15, 0.2) is 49.1 Å². The number of amides is 2. The van der Waals surface area contributed by atoms with E-state index in [-0.39, 0.29) is 25.2 Å². The van der Waals surface area contributed by atoms with Crippen molar-refractivity contribution in [3.05, 3.63) is 60.2 Å². The van der Waals surface area contributed by atoms with E-state index < -0.39 is 11.5 Å². The second kappa shape index (κ2) is 8.09. The zero-order chi connectivity index (χ0) is 25.1. The first-order chi connectivity index (χ1) is 18.1. The zero-order valence-corrected chi connectivity index (χ0v) is 19.9. The lowest BCUT2D eigenvalue weighted by Gasteiger charge is -2.33. The molecule has 188 valence electrons. The van der Waals surface area contributed by atoms with E-state index in [0.29, 0.717) is 49.7 Å². The fourth-order valence-electron chi connectivity index (χ4n) is 6.11. The largest absolute Gasteiger partial charge is 0.491 e. The van der Waals surface area contributed by atoms with Crippen molar-refractivity contribution < 1.29 is 28.9 Å². The minimum Gasteiger partial charge on any atom is -0.491 e. The summed E-state index contributed by atoms with van der Waals surface area (Å²) >= 11 is 0. The van der Waals surface area contributed by atoms with Gasteiger partial charge in [-0.15, -0.1) is 0 Å². The molecule has 1 saturated heterocycles. The van der Waals surface area contributed by atoms with Gasteiger partial charge in [-0.25, -0.2) is 14.8 Å². The Kier molecular flexibility index (Phi) is 4.79. The topological polar surface area (TPSA) is 114 Å². The van der Waals surface area contributed by atoms with Gasteiger partial charge in [0.15, 0.2) is 11.5 Å². The van der Waals surface area contributed by atoms with Gasteiger partial charge < -0.3 is 29.1 Å². The fourth-order valence-corrected chi connectivity index (χ4v) is 6.11. The molecular formula is C27H24N4O6. The smallest absolute Gasteiger partial charge is 0.407 e. The molecule has 0 saturated carbocycles. The maximum absolute atomic E-state index is 14.5. The molecule has 10 nitrogen and oxygen atoms in total. The molecule has 1 unspecified atom stereocenters. The number of hydrogen-bond acceptors (Lipinski definition) is 7. The Morgan fingerprint density at radius 3 is 2.57 bits per heavy atom. The molecule has 0 aliphatic carbocycles. The number of anilines is 1. The van der Waals surface area contributed by atoms with Gasteiger partial charge in [0.05, 0.1) is 0 Å². The highest BCUT2D eigenvalue weighted by atomic mass is 16.7. The maximum Gasteiger partial charge on any atom is 0.407 e. The summed E-state index contributed by atoms with van der Waals surface area (Å²) in [4.78, 5) is 37.6. The lowest BCUT2D eigenvalue weighted by atomic mass is 9.74. The summed E-state index contributed by atoms with van der Waals surface area (Å²) in [5.74, 6) is 1.94. The number of carboxylic acid groups (broad SMARTS) is 1. The maximum atomic E-state index is 14.5. The van der Waals surface area contributed by atoms with Crippen LogP contribution >= 0.6 is 0 Å². The van der Waals surface area contributed by atoms with Crippen LogP contribution in [0.4, 0.5) is 10.5 Å². The molecule has 1 spiro atoms. The van der Waals surface area contributed by atoms with E-state index >= 15 is 0 Å². The highest BCUT2D eigenvalue weighted by molar-refractivity contribution is 6.13. The van der Waals surface area contributed by atoms with Crippen molar-refractivity contribution in [3.63, 3.8) is 0 Å². The average molecular weight is 501 g/mol. The molecule has 1 N–H and O–H groups in total. The average Bonchev–Trinajstić information content (AvgIpc) is 3.60. The van der Waals surface area contributed by atoms with Crippen molar-refractivity contribution >= 4 is 17.7 Å². The van der Waals surface area contributed by atoms with Crippen LogP contribution in [0.25, 0.3) is 11.1 Å². The molecule has 37 heavy (non-hydrogen) atoms. The van der Waals surface area contributed by atoms with Crippen molar-refractivity contribution in [3.8, 4) is 28.4 Å². The highest BCUT2D eigenvalue weighted by Gasteiger charge is 2.58. The van der Waals surface area contributed by atoms with Crippen LogP contribution in [0.2, 0.25) is 0 Å². The van der Waals surface area contributed by atoms with Gasteiger partial charge in [-0.2, -0.15) is 0 Å². The van der Waals surface area contributed by atoms with Crippen LogP contribution in [0.5, 0.6) is 17.2 Å². The summed E-state index contributed by atoms with van der Waals surface area (Å²) in [5, 5.41) is 9.34. The normalized spacial score (nSPS) is 21.8. The quantitative estimate of drug-likeness (QED) is 0.583. The standard InChI is InChI=1S/C27H24N4O6/c32-25-27(13-35-21-9-23-22(8-19(21)27)36-15-37-23)24-18(17-10-28-14-29-11-17)2-1-3-20(24)31(25)12-16-4-6-30(7-5-16)26(33)34/h1-3,8-11,14,16H,4-7,12-13,15H2,(H,33,34). The Morgan fingerprint density at radius 1 is 1.05 bits per heavy atom. The molecule has 0 radical (unpaired) electrons. The van der Waals surface area contributed by atoms with Crippen molar-refractivity contribution in [1.29, 1.82) is 0 Å². The third-order valence-corrected chi connectivity index (χ3v) is 7.95. The van der Waals surface area contributed by atoms with Crippen LogP contribution in [-0.2, 0) is 10.2 Å². The Hall–Kier alpha value is -4.34. The number of ether oxygens (including phenoxy) is 3. The number of carbonyl (C=O) groups excluding carboxylic acids is 1. The number of carbonyl (C=O) groups is 2. The molecule has 1 fully saturated rings. The molecular weight excluding hydrogens is 476 g/mol. The van der Waals surface area contributed by atoms with Crippen molar-refractivity contribution in [2.75, 3.05) is 37.9 Å². The van der Waals surface area contributed by atoms with Gasteiger partial charge in [0.25, 0.3) is 0 Å². The van der Waals surface area contributed by atoms with E-state index in [1.165, 1.54) is 11.2 Å². The van der Waals surface area contributed by atoms with E-state index in [1.54, 1.807) is 18.5 Å². The van der Waals surface area contributed by atoms with E-state index in [9.17, 15) is 14.7 Å². The lowest BCUT2D eigenvalue weighted by molar-refractivity contribution is -0.122. The number of nitrogens with zero attached hydrogens (tertiary/aromatic N) is 4. The molecule has 5 heterocycles. The van der Waals surface area contributed by atoms with E-state index in [0.717, 1.165) is 27.9 Å². The summed E-state index contributed by atoms with van der Waals surface area (Å²) < 4.78 is 17.4. The highest BCUT2D eigenvalue weighted by Crippen LogP contribution is 2.57. The first kappa shape index (κ1) is 21.9. The summed E-state index contributed by atoms with van der Waals surface area (Å²) in [6, 6.07) is 9.60. The van der Waals surface area contributed by atoms with Crippen molar-refractivity contribution in [2.45, 2.75) is 18.3 Å². The predicted molar refractivity (Wildman–Crippen MR) is 131 cm³/mol. The van der Waals surface area contributed by atoms with Crippen LogP contribution in [0, 0.1) is 5.92 Å². The summed E-state index contributed by atoms with van der Waals surface area (Å²) in [7, 11) is 0. The van der Waals surface area contributed by atoms with Gasteiger partial charge in [-0.1, -0.05) is 12.1 Å². The van der Waals surface area contributed by atoms with Gasteiger partial charge in [-0.3, -0.25) is 4.79 Å². The molecule has 1 atom stereocenters. The van der Waals surface area contributed by atoms with Gasteiger partial charge >= 0.3 is 6.09 Å². The molecule has 4 aliphatic rings. The van der Waals surface area contributed by atoms with E-state index in [2.05, 4.69) is 9.97 Å². The van der Waals surface area contributed by atoms with Gasteiger partial charge in [0.2, 0.25) is 12.7 Å². The van der Waals surface area contributed by atoms with E-state index in [1.807, 2.05) is 29.2 Å². The van der Waals surface area contributed by atoms with Gasteiger partial charge in [0, 0.05) is 60.5 Å². The number of likely N-dealkylation sites (tertiary alicyclic amines) is 1. The second-order valence-corrected chi connectivity index (χ2v) is 9.85. The van der Waals surface area contributed by atoms with Crippen LogP contribution in [0.1, 0.15) is 24.0 Å². The third kappa shape index (κ3) is 3.18. The number of aromatic nitrogens is 2. The molecule has 10 heteroatoms. The Balaban J connectivity index is 1.35. The molecule has 2 amide bonds. The van der Waals surface area contributed by atoms with Crippen LogP contribution in [-0.4, -0.2) is 65.0 Å². The molecule has 3 aromatic rings. The molecule has 4 aliphatic heterocycles. The summed E-state index contributed by atoms with van der Waals surface area (Å²) in [5.41, 5.74) is 3.10. The van der Waals surface area contributed by atoms with Crippen LogP contribution in [0.3, 0.4) is 0 Å². The Labute approximate surface area is 212 Å². The molecule has 1 aromatic heterocycles. The number of benzene rings is 2. The van der Waals surface area contributed by atoms with Gasteiger partial charge in [-0.05, 0) is 36.5 Å². The number of hydrogen-bond donors (Lipinski definition) is 1. The van der Waals surface area contributed by atoms with Crippen molar-refractivity contribution in [1.82, 2.24) is 14.9 Å². The zero-order valence-electron chi connectivity index (χ0n) is 19.9. The Bertz CT molecular complexity index is 1420. The third-order valence-electron chi connectivity index (χ3n) is 7.95. The molecule has 7 rings (SSSR count). The van der Waals surface area contributed by atoms with Crippen molar-refractivity contribution in [2.24, 2.45) is 5.92 Å². The number of rotatable bonds is 3. The fraction of sp³-hybridized carbons (Fsp3) is 0.333. The Morgan fingerprint density at radius 2 is 1.81 bits per heavy atom. The van der Waals surface area contributed by atoms with E-state index in [4.69, 9.17) is 14.2 Å². The summed E-state index contributed by atoms with van der Waals surface area (Å²) in [6.07, 6.45) is 5.50. The van der Waals surface area contributed by atoms with Gasteiger partial charge in [0.1, 0.15) is 24.1 Å². The minimum absolute atomic E-state index is 0.0509. The van der Waals surface area contributed by atoms with Crippen LogP contribution < -0.4 is 19.1 Å². The molecule has 2 aromatic carbocycles. The predicted octanol–water partition coefficient (Wildman–Crippen LogP) is 3.29.